The van der Waals surface area contributed by atoms with Gasteiger partial charge in [0.2, 0.25) is 0 Å². The van der Waals surface area contributed by atoms with Crippen molar-refractivity contribution in [1.29, 1.82) is 0 Å². The minimum atomic E-state index is 0.270. The number of nitrogens with one attached hydrogen (secondary N) is 1. The fraction of sp³-hybridized carbons (Fsp3) is 0.583. The summed E-state index contributed by atoms with van der Waals surface area (Å²) in [6.07, 6.45) is 3.25. The Labute approximate surface area is 108 Å². The van der Waals surface area contributed by atoms with Crippen LogP contribution in [0.25, 0.3) is 0 Å². The third kappa shape index (κ3) is 4.26. The SMILES string of the molecule is CC(CNc1cnc(C(N)=S)cn1)C(C)(C)C. The lowest BCUT2D eigenvalue weighted by molar-refractivity contribution is 0.274. The zero-order valence-corrected chi connectivity index (χ0v) is 11.6. The third-order valence-electron chi connectivity index (χ3n) is 2.97. The predicted octanol–water partition coefficient (Wildman–Crippen LogP) is 2.20. The Balaban J connectivity index is 2.56. The standard InChI is InChI=1S/C12H20N4S/c1-8(12(2,3)4)5-15-10-7-14-9(6-16-10)11(13)17/h6-8H,5H2,1-4H3,(H2,13,17)(H,15,16). The second kappa shape index (κ2) is 5.40. The van der Waals surface area contributed by atoms with Crippen LogP contribution in [0, 0.1) is 11.3 Å². The van der Waals surface area contributed by atoms with Gasteiger partial charge in [-0.1, -0.05) is 39.9 Å². The number of rotatable bonds is 4. The zero-order chi connectivity index (χ0) is 13.1. The number of nitrogens with two attached hydrogens (primary N) is 1. The highest BCUT2D eigenvalue weighted by atomic mass is 32.1. The van der Waals surface area contributed by atoms with E-state index in [0.29, 0.717) is 11.6 Å². The summed E-state index contributed by atoms with van der Waals surface area (Å²) in [5.41, 5.74) is 6.28. The Morgan fingerprint density at radius 2 is 2.06 bits per heavy atom. The molecule has 1 aromatic heterocycles. The van der Waals surface area contributed by atoms with E-state index >= 15 is 0 Å². The van der Waals surface area contributed by atoms with Crippen molar-refractivity contribution in [3.63, 3.8) is 0 Å². The van der Waals surface area contributed by atoms with E-state index < -0.39 is 0 Å². The van der Waals surface area contributed by atoms with Gasteiger partial charge < -0.3 is 11.1 Å². The summed E-state index contributed by atoms with van der Waals surface area (Å²) in [7, 11) is 0. The lowest BCUT2D eigenvalue weighted by Gasteiger charge is -2.27. The molecule has 1 aromatic rings. The lowest BCUT2D eigenvalue weighted by atomic mass is 9.82. The summed E-state index contributed by atoms with van der Waals surface area (Å²) in [6, 6.07) is 0. The second-order valence-corrected chi connectivity index (χ2v) is 5.74. The van der Waals surface area contributed by atoms with Crippen LogP contribution in [-0.4, -0.2) is 21.5 Å². The van der Waals surface area contributed by atoms with Crippen molar-refractivity contribution in [3.8, 4) is 0 Å². The number of thiocarbonyl (C=S) groups is 1. The molecule has 1 atom stereocenters. The molecule has 0 spiro atoms. The molecule has 1 rings (SSSR count). The third-order valence-corrected chi connectivity index (χ3v) is 3.18. The van der Waals surface area contributed by atoms with Gasteiger partial charge in [-0.15, -0.1) is 0 Å². The molecule has 0 amide bonds. The molecule has 0 aliphatic carbocycles. The van der Waals surface area contributed by atoms with Crippen molar-refractivity contribution < 1.29 is 0 Å². The van der Waals surface area contributed by atoms with E-state index in [2.05, 4.69) is 43.0 Å². The van der Waals surface area contributed by atoms with E-state index in [9.17, 15) is 0 Å². The molecule has 3 N–H and O–H groups in total. The predicted molar refractivity (Wildman–Crippen MR) is 75.0 cm³/mol. The van der Waals surface area contributed by atoms with Crippen molar-refractivity contribution in [3.05, 3.63) is 18.1 Å². The molecule has 0 aliphatic rings. The summed E-state index contributed by atoms with van der Waals surface area (Å²) in [5, 5.41) is 3.26. The highest BCUT2D eigenvalue weighted by Gasteiger charge is 2.19. The molecule has 17 heavy (non-hydrogen) atoms. The van der Waals surface area contributed by atoms with Crippen LogP contribution < -0.4 is 11.1 Å². The van der Waals surface area contributed by atoms with Gasteiger partial charge in [0.1, 0.15) is 16.5 Å². The van der Waals surface area contributed by atoms with Gasteiger partial charge in [0, 0.05) is 6.54 Å². The van der Waals surface area contributed by atoms with Crippen LogP contribution in [0.4, 0.5) is 5.82 Å². The minimum Gasteiger partial charge on any atom is -0.388 e. The highest BCUT2D eigenvalue weighted by Crippen LogP contribution is 2.25. The average molecular weight is 252 g/mol. The first kappa shape index (κ1) is 13.8. The minimum absolute atomic E-state index is 0.270. The molecule has 0 radical (unpaired) electrons. The maximum absolute atomic E-state index is 5.45. The van der Waals surface area contributed by atoms with Crippen molar-refractivity contribution in [2.45, 2.75) is 27.7 Å². The summed E-state index contributed by atoms with van der Waals surface area (Å²) in [5.74, 6) is 1.29. The second-order valence-electron chi connectivity index (χ2n) is 5.30. The van der Waals surface area contributed by atoms with Crippen molar-refractivity contribution in [1.82, 2.24) is 9.97 Å². The van der Waals surface area contributed by atoms with E-state index in [1.165, 1.54) is 0 Å². The fourth-order valence-electron chi connectivity index (χ4n) is 1.11. The van der Waals surface area contributed by atoms with Gasteiger partial charge in [0.15, 0.2) is 0 Å². The molecule has 0 fully saturated rings. The highest BCUT2D eigenvalue weighted by molar-refractivity contribution is 7.80. The fourth-order valence-corrected chi connectivity index (χ4v) is 1.22. The molecule has 4 nitrogen and oxygen atoms in total. The first-order valence-electron chi connectivity index (χ1n) is 5.66. The van der Waals surface area contributed by atoms with Crippen molar-refractivity contribution >= 4 is 23.0 Å². The molecule has 0 saturated heterocycles. The van der Waals surface area contributed by atoms with Crippen LogP contribution in [-0.2, 0) is 0 Å². The lowest BCUT2D eigenvalue weighted by Crippen LogP contribution is -2.25. The smallest absolute Gasteiger partial charge is 0.144 e. The Bertz CT molecular complexity index is 380. The van der Waals surface area contributed by atoms with Gasteiger partial charge in [-0.2, -0.15) is 0 Å². The van der Waals surface area contributed by atoms with Crippen molar-refractivity contribution in [2.75, 3.05) is 11.9 Å². The van der Waals surface area contributed by atoms with Crippen LogP contribution in [0.1, 0.15) is 33.4 Å². The summed E-state index contributed by atoms with van der Waals surface area (Å²) < 4.78 is 0. The monoisotopic (exact) mass is 252 g/mol. The number of hydrogen-bond donors (Lipinski definition) is 2. The molecule has 94 valence electrons. The molecular weight excluding hydrogens is 232 g/mol. The largest absolute Gasteiger partial charge is 0.388 e. The van der Waals surface area contributed by atoms with Crippen LogP contribution in [0.15, 0.2) is 12.4 Å². The molecule has 1 heterocycles. The van der Waals surface area contributed by atoms with E-state index in [0.717, 1.165) is 12.4 Å². The first-order chi connectivity index (χ1) is 7.80. The zero-order valence-electron chi connectivity index (χ0n) is 10.8. The van der Waals surface area contributed by atoms with Gasteiger partial charge >= 0.3 is 0 Å². The molecule has 0 saturated carbocycles. The molecule has 1 unspecified atom stereocenters. The van der Waals surface area contributed by atoms with Crippen molar-refractivity contribution in [2.24, 2.45) is 17.1 Å². The Morgan fingerprint density at radius 1 is 1.41 bits per heavy atom. The molecule has 0 aromatic carbocycles. The van der Waals surface area contributed by atoms with E-state index in [1.807, 2.05) is 0 Å². The average Bonchev–Trinajstić information content (AvgIpc) is 2.25. The molecule has 5 heteroatoms. The van der Waals surface area contributed by atoms with Gasteiger partial charge in [-0.25, -0.2) is 9.97 Å². The number of nitrogens with zero attached hydrogens (tertiary/aromatic N) is 2. The van der Waals surface area contributed by atoms with E-state index in [-0.39, 0.29) is 10.4 Å². The number of aromatic nitrogens is 2. The maximum Gasteiger partial charge on any atom is 0.144 e. The van der Waals surface area contributed by atoms with E-state index in [4.69, 9.17) is 18.0 Å². The molecule has 0 aliphatic heterocycles. The van der Waals surface area contributed by atoms with Crippen LogP contribution in [0.3, 0.4) is 0 Å². The first-order valence-corrected chi connectivity index (χ1v) is 6.07. The van der Waals surface area contributed by atoms with Gasteiger partial charge in [-0.05, 0) is 11.3 Å². The van der Waals surface area contributed by atoms with E-state index in [1.54, 1.807) is 12.4 Å². The van der Waals surface area contributed by atoms with Gasteiger partial charge in [0.25, 0.3) is 0 Å². The number of hydrogen-bond acceptors (Lipinski definition) is 4. The van der Waals surface area contributed by atoms with Crippen LogP contribution >= 0.6 is 12.2 Å². The van der Waals surface area contributed by atoms with Crippen LogP contribution in [0.2, 0.25) is 0 Å². The topological polar surface area (TPSA) is 63.8 Å². The van der Waals surface area contributed by atoms with Crippen LogP contribution in [0.5, 0.6) is 0 Å². The Kier molecular flexibility index (Phi) is 4.40. The van der Waals surface area contributed by atoms with Gasteiger partial charge in [-0.3, -0.25) is 0 Å². The number of anilines is 1. The normalized spacial score (nSPS) is 13.2. The maximum atomic E-state index is 5.45. The molecule has 0 bridgehead atoms. The summed E-state index contributed by atoms with van der Waals surface area (Å²) in [6.45, 7) is 9.75. The molecular formula is C12H20N4S. The summed E-state index contributed by atoms with van der Waals surface area (Å²) >= 11 is 4.82. The Morgan fingerprint density at radius 3 is 2.47 bits per heavy atom. The van der Waals surface area contributed by atoms with Gasteiger partial charge in [0.05, 0.1) is 12.4 Å². The summed E-state index contributed by atoms with van der Waals surface area (Å²) in [4.78, 5) is 8.61. The quantitative estimate of drug-likeness (QED) is 0.804. The Hall–Kier alpha value is -1.23.